The van der Waals surface area contributed by atoms with E-state index in [-0.39, 0.29) is 11.9 Å². The van der Waals surface area contributed by atoms with Gasteiger partial charge in [0.15, 0.2) is 5.69 Å². The van der Waals surface area contributed by atoms with E-state index in [2.05, 4.69) is 15.3 Å². The highest BCUT2D eigenvalue weighted by Crippen LogP contribution is 2.22. The molecular formula is C19H24N4O3. The molecule has 7 nitrogen and oxygen atoms in total. The Morgan fingerprint density at radius 1 is 1.27 bits per heavy atom. The first kappa shape index (κ1) is 18.1. The molecule has 0 fully saturated rings. The van der Waals surface area contributed by atoms with Crippen LogP contribution < -0.4 is 5.32 Å². The number of esters is 1. The number of carbonyl (C=O) groups is 2. The number of nitrogens with one attached hydrogen (secondary N) is 1. The molecule has 0 aliphatic carbocycles. The van der Waals surface area contributed by atoms with Crippen LogP contribution >= 0.6 is 0 Å². The quantitative estimate of drug-likeness (QED) is 0.789. The van der Waals surface area contributed by atoms with Crippen molar-refractivity contribution in [3.05, 3.63) is 52.8 Å². The summed E-state index contributed by atoms with van der Waals surface area (Å²) in [6.07, 6.45) is 1.16. The number of amides is 1. The second kappa shape index (κ2) is 8.14. The van der Waals surface area contributed by atoms with Crippen molar-refractivity contribution in [1.82, 2.24) is 20.0 Å². The van der Waals surface area contributed by atoms with Gasteiger partial charge in [0, 0.05) is 50.9 Å². The Bertz CT molecular complexity index is 786. The standard InChI is InChI=1S/C19H24N4O3/c1-22-16-8-10-23(11-9-17(24)26-2)13-15(16)18(21-22)19(25)20-12-14-6-4-3-5-7-14/h3-7H,8-13H2,1-2H3,(H,20,25). The van der Waals surface area contributed by atoms with Crippen molar-refractivity contribution in [3.63, 3.8) is 0 Å². The minimum atomic E-state index is -0.220. The van der Waals surface area contributed by atoms with Gasteiger partial charge in [-0.15, -0.1) is 0 Å². The maximum atomic E-state index is 12.6. The molecule has 1 aliphatic rings. The van der Waals surface area contributed by atoms with Gasteiger partial charge in [0.2, 0.25) is 0 Å². The molecule has 0 atom stereocenters. The van der Waals surface area contributed by atoms with E-state index in [0.717, 1.165) is 29.8 Å². The molecule has 0 radical (unpaired) electrons. The van der Waals surface area contributed by atoms with Crippen molar-refractivity contribution < 1.29 is 14.3 Å². The zero-order chi connectivity index (χ0) is 18.5. The molecule has 0 bridgehead atoms. The van der Waals surface area contributed by atoms with Crippen LogP contribution in [0.3, 0.4) is 0 Å². The zero-order valence-corrected chi connectivity index (χ0v) is 15.2. The lowest BCUT2D eigenvalue weighted by atomic mass is 10.0. The molecule has 2 aromatic rings. The average Bonchev–Trinajstić information content (AvgIpc) is 3.01. The van der Waals surface area contributed by atoms with Gasteiger partial charge in [0.1, 0.15) is 0 Å². The molecule has 1 aromatic carbocycles. The van der Waals surface area contributed by atoms with E-state index >= 15 is 0 Å². The number of ether oxygens (including phenoxy) is 1. The zero-order valence-electron chi connectivity index (χ0n) is 15.2. The number of carbonyl (C=O) groups excluding carboxylic acids is 2. The monoisotopic (exact) mass is 356 g/mol. The first-order chi connectivity index (χ1) is 12.6. The summed E-state index contributed by atoms with van der Waals surface area (Å²) < 4.78 is 6.50. The highest BCUT2D eigenvalue weighted by Gasteiger charge is 2.27. The predicted octanol–water partition coefficient (Wildman–Crippen LogP) is 1.27. The normalized spacial score (nSPS) is 13.9. The third-order valence-corrected chi connectivity index (χ3v) is 4.69. The molecule has 138 valence electrons. The van der Waals surface area contributed by atoms with Crippen molar-refractivity contribution in [2.75, 3.05) is 20.2 Å². The Morgan fingerprint density at radius 2 is 2.04 bits per heavy atom. The molecule has 0 spiro atoms. The Labute approximate surface area is 152 Å². The molecule has 0 saturated carbocycles. The number of aromatic nitrogens is 2. The fourth-order valence-electron chi connectivity index (χ4n) is 3.23. The second-order valence-corrected chi connectivity index (χ2v) is 6.42. The molecule has 7 heteroatoms. The first-order valence-corrected chi connectivity index (χ1v) is 8.74. The van der Waals surface area contributed by atoms with E-state index < -0.39 is 0 Å². The highest BCUT2D eigenvalue weighted by molar-refractivity contribution is 5.94. The summed E-state index contributed by atoms with van der Waals surface area (Å²) in [6.45, 7) is 2.55. The van der Waals surface area contributed by atoms with Crippen LogP contribution in [0.25, 0.3) is 0 Å². The van der Waals surface area contributed by atoms with Crippen molar-refractivity contribution >= 4 is 11.9 Å². The highest BCUT2D eigenvalue weighted by atomic mass is 16.5. The summed E-state index contributed by atoms with van der Waals surface area (Å²) in [6, 6.07) is 9.79. The van der Waals surface area contributed by atoms with Gasteiger partial charge < -0.3 is 10.1 Å². The molecule has 2 heterocycles. The predicted molar refractivity (Wildman–Crippen MR) is 96.4 cm³/mol. The van der Waals surface area contributed by atoms with Gasteiger partial charge >= 0.3 is 5.97 Å². The van der Waals surface area contributed by atoms with Crippen molar-refractivity contribution in [2.24, 2.45) is 7.05 Å². The number of fused-ring (bicyclic) bond motifs is 1. The maximum Gasteiger partial charge on any atom is 0.306 e. The SMILES string of the molecule is COC(=O)CCN1CCc2c(c(C(=O)NCc3ccccc3)nn2C)C1. The van der Waals surface area contributed by atoms with Gasteiger partial charge in [0.25, 0.3) is 5.91 Å². The third kappa shape index (κ3) is 4.11. The summed E-state index contributed by atoms with van der Waals surface area (Å²) in [7, 11) is 3.27. The smallest absolute Gasteiger partial charge is 0.306 e. The topological polar surface area (TPSA) is 76.5 Å². The molecule has 0 saturated heterocycles. The lowest BCUT2D eigenvalue weighted by Crippen LogP contribution is -2.34. The third-order valence-electron chi connectivity index (χ3n) is 4.69. The van der Waals surface area contributed by atoms with Gasteiger partial charge in [0.05, 0.1) is 13.5 Å². The van der Waals surface area contributed by atoms with Crippen LogP contribution in [0.4, 0.5) is 0 Å². The number of methoxy groups -OCH3 is 1. The molecular weight excluding hydrogens is 332 g/mol. The second-order valence-electron chi connectivity index (χ2n) is 6.42. The van der Waals surface area contributed by atoms with Gasteiger partial charge in [-0.2, -0.15) is 5.10 Å². The maximum absolute atomic E-state index is 12.6. The lowest BCUT2D eigenvalue weighted by molar-refractivity contribution is -0.141. The number of rotatable bonds is 6. The number of hydrogen-bond acceptors (Lipinski definition) is 5. The van der Waals surface area contributed by atoms with Gasteiger partial charge in [-0.05, 0) is 5.56 Å². The number of hydrogen-bond donors (Lipinski definition) is 1. The van der Waals surface area contributed by atoms with Crippen LogP contribution in [0.15, 0.2) is 30.3 Å². The van der Waals surface area contributed by atoms with Crippen LogP contribution in [-0.4, -0.2) is 46.8 Å². The fraction of sp³-hybridized carbons (Fsp3) is 0.421. The summed E-state index contributed by atoms with van der Waals surface area (Å²) in [4.78, 5) is 26.2. The molecule has 0 unspecified atom stereocenters. The van der Waals surface area contributed by atoms with E-state index in [1.807, 2.05) is 37.4 Å². The molecule has 1 aromatic heterocycles. The summed E-state index contributed by atoms with van der Waals surface area (Å²) in [5, 5.41) is 7.38. The number of nitrogens with zero attached hydrogens (tertiary/aromatic N) is 3. The minimum absolute atomic E-state index is 0.166. The van der Waals surface area contributed by atoms with Crippen LogP contribution in [0, 0.1) is 0 Å². The molecule has 3 rings (SSSR count). The minimum Gasteiger partial charge on any atom is -0.469 e. The Balaban J connectivity index is 1.67. The van der Waals surface area contributed by atoms with Crippen molar-refractivity contribution in [3.8, 4) is 0 Å². The number of benzene rings is 1. The molecule has 26 heavy (non-hydrogen) atoms. The van der Waals surface area contributed by atoms with Gasteiger partial charge in [-0.3, -0.25) is 19.2 Å². The van der Waals surface area contributed by atoms with E-state index in [9.17, 15) is 9.59 Å². The molecule has 1 N–H and O–H groups in total. The lowest BCUT2D eigenvalue weighted by Gasteiger charge is -2.26. The largest absolute Gasteiger partial charge is 0.469 e. The fourth-order valence-corrected chi connectivity index (χ4v) is 3.23. The van der Waals surface area contributed by atoms with E-state index in [1.165, 1.54) is 7.11 Å². The van der Waals surface area contributed by atoms with E-state index in [1.54, 1.807) is 4.68 Å². The van der Waals surface area contributed by atoms with Gasteiger partial charge in [-0.1, -0.05) is 30.3 Å². The average molecular weight is 356 g/mol. The summed E-state index contributed by atoms with van der Waals surface area (Å²) >= 11 is 0. The van der Waals surface area contributed by atoms with Crippen molar-refractivity contribution in [2.45, 2.75) is 25.9 Å². The number of aryl methyl sites for hydroxylation is 1. The summed E-state index contributed by atoms with van der Waals surface area (Å²) in [5.41, 5.74) is 3.56. The van der Waals surface area contributed by atoms with Crippen molar-refractivity contribution in [1.29, 1.82) is 0 Å². The molecule has 1 amide bonds. The van der Waals surface area contributed by atoms with Crippen LogP contribution in [0.2, 0.25) is 0 Å². The van der Waals surface area contributed by atoms with Gasteiger partial charge in [-0.25, -0.2) is 0 Å². The Hall–Kier alpha value is -2.67. The Kier molecular flexibility index (Phi) is 5.68. The van der Waals surface area contributed by atoms with E-state index in [0.29, 0.717) is 31.7 Å². The summed E-state index contributed by atoms with van der Waals surface area (Å²) in [5.74, 6) is -0.386. The molecule has 1 aliphatic heterocycles. The Morgan fingerprint density at radius 3 is 2.77 bits per heavy atom. The van der Waals surface area contributed by atoms with E-state index in [4.69, 9.17) is 4.74 Å². The van der Waals surface area contributed by atoms with Crippen LogP contribution in [-0.2, 0) is 36.1 Å². The first-order valence-electron chi connectivity index (χ1n) is 8.74. The van der Waals surface area contributed by atoms with Crippen LogP contribution in [0.5, 0.6) is 0 Å². The van der Waals surface area contributed by atoms with Crippen LogP contribution in [0.1, 0.15) is 33.7 Å².